The summed E-state index contributed by atoms with van der Waals surface area (Å²) in [5.74, 6) is -0.791. The number of unbranched alkanes of at least 4 members (excludes halogenated alkanes) is 1. The van der Waals surface area contributed by atoms with Gasteiger partial charge in [0.2, 0.25) is 0 Å². The van der Waals surface area contributed by atoms with E-state index in [1.165, 1.54) is 0 Å². The quantitative estimate of drug-likeness (QED) is 0.698. The number of ether oxygens (including phenoxy) is 1. The molecule has 0 spiro atoms. The van der Waals surface area contributed by atoms with E-state index in [4.69, 9.17) is 9.84 Å². The van der Waals surface area contributed by atoms with Crippen molar-refractivity contribution in [1.82, 2.24) is 10.2 Å². The summed E-state index contributed by atoms with van der Waals surface area (Å²) in [5.41, 5.74) is 0. The normalized spacial score (nSPS) is 16.3. The summed E-state index contributed by atoms with van der Waals surface area (Å²) in [6.07, 6.45) is 3.20. The second-order valence-corrected chi connectivity index (χ2v) is 4.54. The Kier molecular flexibility index (Phi) is 6.49. The summed E-state index contributed by atoms with van der Waals surface area (Å²) in [7, 11) is 1.79. The lowest BCUT2D eigenvalue weighted by Gasteiger charge is -2.31. The number of nitrogens with one attached hydrogen (secondary N) is 1. The Hall–Kier alpha value is -1.30. The van der Waals surface area contributed by atoms with E-state index in [-0.39, 0.29) is 18.5 Å². The topological polar surface area (TPSA) is 78.9 Å². The molecule has 6 heteroatoms. The van der Waals surface area contributed by atoms with Crippen molar-refractivity contribution in [3.05, 3.63) is 0 Å². The van der Waals surface area contributed by atoms with Gasteiger partial charge in [-0.25, -0.2) is 4.79 Å². The van der Waals surface area contributed by atoms with Crippen molar-refractivity contribution in [2.24, 2.45) is 0 Å². The molecular weight excluding hydrogens is 236 g/mol. The average Bonchev–Trinajstić information content (AvgIpc) is 2.38. The molecule has 1 heterocycles. The Morgan fingerprint density at radius 2 is 2.00 bits per heavy atom. The number of amides is 2. The maximum Gasteiger partial charge on any atom is 0.317 e. The molecule has 2 N–H and O–H groups in total. The molecule has 0 aromatic heterocycles. The molecular formula is C12H22N2O4. The van der Waals surface area contributed by atoms with E-state index in [2.05, 4.69) is 5.32 Å². The van der Waals surface area contributed by atoms with Gasteiger partial charge in [-0.2, -0.15) is 0 Å². The van der Waals surface area contributed by atoms with Crippen molar-refractivity contribution in [2.75, 3.05) is 26.8 Å². The average molecular weight is 258 g/mol. The number of carboxylic acid groups (broad SMARTS) is 1. The first-order valence-electron chi connectivity index (χ1n) is 6.41. The number of aliphatic carboxylic acids is 1. The molecule has 0 saturated carbocycles. The summed E-state index contributed by atoms with van der Waals surface area (Å²) in [4.78, 5) is 23.8. The smallest absolute Gasteiger partial charge is 0.317 e. The SMILES string of the molecule is CN(C(=O)NCCCCC(=O)O)C1CCOCC1. The number of carbonyl (C=O) groups excluding carboxylic acids is 1. The number of hydrogen-bond acceptors (Lipinski definition) is 3. The Morgan fingerprint density at radius 1 is 1.33 bits per heavy atom. The minimum absolute atomic E-state index is 0.0859. The number of nitrogens with zero attached hydrogens (tertiary/aromatic N) is 1. The third kappa shape index (κ3) is 5.35. The third-order valence-corrected chi connectivity index (χ3v) is 3.15. The molecule has 1 saturated heterocycles. The number of carbonyl (C=O) groups is 2. The zero-order valence-corrected chi connectivity index (χ0v) is 10.9. The fraction of sp³-hybridized carbons (Fsp3) is 0.833. The Balaban J connectivity index is 2.13. The van der Waals surface area contributed by atoms with Crippen LogP contribution in [0.3, 0.4) is 0 Å². The van der Waals surface area contributed by atoms with Crippen LogP contribution in [0.2, 0.25) is 0 Å². The zero-order valence-electron chi connectivity index (χ0n) is 10.9. The summed E-state index contributed by atoms with van der Waals surface area (Å²) >= 11 is 0. The number of rotatable bonds is 6. The molecule has 6 nitrogen and oxygen atoms in total. The van der Waals surface area contributed by atoms with Crippen LogP contribution in [0.4, 0.5) is 4.79 Å². The van der Waals surface area contributed by atoms with E-state index in [1.54, 1.807) is 11.9 Å². The molecule has 0 radical (unpaired) electrons. The highest BCUT2D eigenvalue weighted by atomic mass is 16.5. The minimum Gasteiger partial charge on any atom is -0.481 e. The molecule has 1 fully saturated rings. The van der Waals surface area contributed by atoms with Crippen molar-refractivity contribution in [3.8, 4) is 0 Å². The first kappa shape index (κ1) is 14.8. The van der Waals surface area contributed by atoms with Gasteiger partial charge in [-0.1, -0.05) is 0 Å². The largest absolute Gasteiger partial charge is 0.481 e. The van der Waals surface area contributed by atoms with E-state index < -0.39 is 5.97 Å². The van der Waals surface area contributed by atoms with Gasteiger partial charge in [0.25, 0.3) is 0 Å². The maximum atomic E-state index is 11.8. The summed E-state index contributed by atoms with van der Waals surface area (Å²) in [6, 6.07) is 0.162. The third-order valence-electron chi connectivity index (χ3n) is 3.15. The van der Waals surface area contributed by atoms with Crippen LogP contribution < -0.4 is 5.32 Å². The maximum absolute atomic E-state index is 11.8. The molecule has 0 aromatic rings. The Morgan fingerprint density at radius 3 is 2.61 bits per heavy atom. The second-order valence-electron chi connectivity index (χ2n) is 4.54. The van der Waals surface area contributed by atoms with Crippen molar-refractivity contribution >= 4 is 12.0 Å². The van der Waals surface area contributed by atoms with Gasteiger partial charge in [0, 0.05) is 39.3 Å². The highest BCUT2D eigenvalue weighted by molar-refractivity contribution is 5.74. The van der Waals surface area contributed by atoms with E-state index >= 15 is 0 Å². The van der Waals surface area contributed by atoms with Crippen LogP contribution in [0.5, 0.6) is 0 Å². The first-order chi connectivity index (χ1) is 8.61. The van der Waals surface area contributed by atoms with Gasteiger partial charge in [0.05, 0.1) is 0 Å². The monoisotopic (exact) mass is 258 g/mol. The molecule has 1 aliphatic heterocycles. The molecule has 0 aromatic carbocycles. The van der Waals surface area contributed by atoms with E-state index in [0.29, 0.717) is 32.6 Å². The van der Waals surface area contributed by atoms with Crippen LogP contribution in [0.15, 0.2) is 0 Å². The van der Waals surface area contributed by atoms with Crippen LogP contribution in [-0.2, 0) is 9.53 Å². The molecule has 0 bridgehead atoms. The Labute approximate surface area is 107 Å². The zero-order chi connectivity index (χ0) is 13.4. The predicted molar refractivity (Wildman–Crippen MR) is 66.5 cm³/mol. The molecule has 0 unspecified atom stereocenters. The van der Waals surface area contributed by atoms with Gasteiger partial charge in [-0.05, 0) is 25.7 Å². The van der Waals surface area contributed by atoms with Crippen LogP contribution in [0.25, 0.3) is 0 Å². The van der Waals surface area contributed by atoms with E-state index in [0.717, 1.165) is 12.8 Å². The highest BCUT2D eigenvalue weighted by Gasteiger charge is 2.21. The van der Waals surface area contributed by atoms with Crippen molar-refractivity contribution in [2.45, 2.75) is 38.1 Å². The minimum atomic E-state index is -0.791. The molecule has 18 heavy (non-hydrogen) atoms. The fourth-order valence-corrected chi connectivity index (χ4v) is 1.96. The molecule has 1 aliphatic rings. The van der Waals surface area contributed by atoms with Crippen LogP contribution in [0.1, 0.15) is 32.1 Å². The second kappa shape index (κ2) is 7.92. The van der Waals surface area contributed by atoms with Crippen molar-refractivity contribution < 1.29 is 19.4 Å². The molecule has 1 rings (SSSR count). The lowest BCUT2D eigenvalue weighted by Crippen LogP contribution is -2.46. The predicted octanol–water partition coefficient (Wildman–Crippen LogP) is 1.06. The lowest BCUT2D eigenvalue weighted by atomic mass is 10.1. The lowest BCUT2D eigenvalue weighted by molar-refractivity contribution is -0.137. The van der Waals surface area contributed by atoms with Gasteiger partial charge in [-0.15, -0.1) is 0 Å². The molecule has 0 aliphatic carbocycles. The van der Waals surface area contributed by atoms with Gasteiger partial charge >= 0.3 is 12.0 Å². The van der Waals surface area contributed by atoms with Gasteiger partial charge in [0.1, 0.15) is 0 Å². The van der Waals surface area contributed by atoms with Gasteiger partial charge < -0.3 is 20.1 Å². The summed E-state index contributed by atoms with van der Waals surface area (Å²) < 4.78 is 5.25. The fourth-order valence-electron chi connectivity index (χ4n) is 1.96. The highest BCUT2D eigenvalue weighted by Crippen LogP contribution is 2.12. The number of carboxylic acids is 1. The molecule has 2 amide bonds. The number of hydrogen-bond donors (Lipinski definition) is 2. The summed E-state index contributed by atoms with van der Waals surface area (Å²) in [6.45, 7) is 1.95. The molecule has 0 atom stereocenters. The van der Waals surface area contributed by atoms with Crippen molar-refractivity contribution in [3.63, 3.8) is 0 Å². The van der Waals surface area contributed by atoms with Crippen molar-refractivity contribution in [1.29, 1.82) is 0 Å². The number of urea groups is 1. The Bertz CT molecular complexity index is 277. The standard InChI is InChI=1S/C12H22N2O4/c1-14(10-5-8-18-9-6-10)12(17)13-7-3-2-4-11(15)16/h10H,2-9H2,1H3,(H,13,17)(H,15,16). The van der Waals surface area contributed by atoms with Gasteiger partial charge in [0.15, 0.2) is 0 Å². The molecule has 104 valence electrons. The van der Waals surface area contributed by atoms with E-state index in [9.17, 15) is 9.59 Å². The first-order valence-corrected chi connectivity index (χ1v) is 6.41. The van der Waals surface area contributed by atoms with Gasteiger partial charge in [-0.3, -0.25) is 4.79 Å². The van der Waals surface area contributed by atoms with Crippen LogP contribution >= 0.6 is 0 Å². The van der Waals surface area contributed by atoms with E-state index in [1.807, 2.05) is 0 Å². The summed E-state index contributed by atoms with van der Waals surface area (Å²) in [5, 5.41) is 11.3. The van der Waals surface area contributed by atoms with Crippen LogP contribution in [-0.4, -0.2) is 54.9 Å². The van der Waals surface area contributed by atoms with Crippen LogP contribution in [0, 0.1) is 0 Å².